The van der Waals surface area contributed by atoms with Gasteiger partial charge in [-0.05, 0) is 0 Å². The Morgan fingerprint density at radius 2 is 2.18 bits per heavy atom. The Labute approximate surface area is 102 Å². The molecule has 0 saturated heterocycles. The van der Waals surface area contributed by atoms with Crippen molar-refractivity contribution < 1.29 is 17.9 Å². The molecular weight excluding hydrogens is 305 g/mol. The molecular formula is C9H6BrF3N2O2. The van der Waals surface area contributed by atoms with E-state index in [0.717, 1.165) is 6.07 Å². The largest absolute Gasteiger partial charge is 0.573 e. The fraction of sp³-hybridized carbons (Fsp3) is 0.333. The Balaban J connectivity index is 3.28. The minimum Gasteiger partial charge on any atom is -0.405 e. The van der Waals surface area contributed by atoms with Gasteiger partial charge in [0.05, 0.1) is 18.1 Å². The number of alkyl halides is 4. The number of aromatic amines is 1. The molecule has 0 aliphatic heterocycles. The third-order valence-corrected chi connectivity index (χ3v) is 2.38. The molecule has 92 valence electrons. The SMILES string of the molecule is N#CCc1c(OC(F)(F)F)cc(CBr)[nH]c1=O. The average molecular weight is 311 g/mol. The molecule has 0 unspecified atom stereocenters. The van der Waals surface area contributed by atoms with Crippen LogP contribution in [0.15, 0.2) is 10.9 Å². The van der Waals surface area contributed by atoms with Gasteiger partial charge >= 0.3 is 6.36 Å². The first-order valence-electron chi connectivity index (χ1n) is 4.31. The number of hydrogen-bond donors (Lipinski definition) is 1. The summed E-state index contributed by atoms with van der Waals surface area (Å²) in [7, 11) is 0. The molecule has 1 heterocycles. The summed E-state index contributed by atoms with van der Waals surface area (Å²) in [6, 6.07) is 2.65. The molecule has 4 nitrogen and oxygen atoms in total. The van der Waals surface area contributed by atoms with Crippen molar-refractivity contribution in [3.05, 3.63) is 27.7 Å². The van der Waals surface area contributed by atoms with Gasteiger partial charge in [0.25, 0.3) is 5.56 Å². The van der Waals surface area contributed by atoms with Crippen LogP contribution in [0.5, 0.6) is 5.75 Å². The number of nitriles is 1. The van der Waals surface area contributed by atoms with E-state index in [4.69, 9.17) is 5.26 Å². The minimum absolute atomic E-state index is 0.170. The van der Waals surface area contributed by atoms with E-state index in [2.05, 4.69) is 25.7 Å². The smallest absolute Gasteiger partial charge is 0.405 e. The molecule has 0 atom stereocenters. The lowest BCUT2D eigenvalue weighted by atomic mass is 10.2. The Morgan fingerprint density at radius 3 is 2.65 bits per heavy atom. The van der Waals surface area contributed by atoms with E-state index >= 15 is 0 Å². The number of H-pyrrole nitrogens is 1. The van der Waals surface area contributed by atoms with Crippen LogP contribution in [0, 0.1) is 11.3 Å². The predicted octanol–water partition coefficient (Wildman–Crippen LogP) is 2.23. The minimum atomic E-state index is -4.90. The molecule has 0 spiro atoms. The number of rotatable bonds is 3. The summed E-state index contributed by atoms with van der Waals surface area (Å²) in [5.74, 6) is -0.641. The van der Waals surface area contributed by atoms with Gasteiger partial charge in [0.2, 0.25) is 0 Å². The number of halogens is 4. The standard InChI is InChI=1S/C9H6BrF3N2O2/c10-4-5-3-7(17-9(11,12)13)6(1-2-14)8(16)15-5/h3H,1,4H2,(H,15,16). The van der Waals surface area contributed by atoms with Crippen molar-refractivity contribution in [3.8, 4) is 11.8 Å². The molecule has 0 fully saturated rings. The van der Waals surface area contributed by atoms with Crippen molar-refractivity contribution in [1.29, 1.82) is 5.26 Å². The molecule has 1 N–H and O–H groups in total. The van der Waals surface area contributed by atoms with E-state index in [1.807, 2.05) is 0 Å². The number of hydrogen-bond acceptors (Lipinski definition) is 3. The first-order valence-corrected chi connectivity index (χ1v) is 5.43. The van der Waals surface area contributed by atoms with E-state index in [-0.39, 0.29) is 16.6 Å². The number of pyridine rings is 1. The maximum absolute atomic E-state index is 12.1. The van der Waals surface area contributed by atoms with Gasteiger partial charge < -0.3 is 9.72 Å². The van der Waals surface area contributed by atoms with Crippen molar-refractivity contribution in [2.24, 2.45) is 0 Å². The highest BCUT2D eigenvalue weighted by Crippen LogP contribution is 2.25. The molecule has 0 aliphatic carbocycles. The second-order valence-corrected chi connectivity index (χ2v) is 3.54. The third-order valence-electron chi connectivity index (χ3n) is 1.78. The van der Waals surface area contributed by atoms with Gasteiger partial charge in [-0.1, -0.05) is 15.9 Å². The summed E-state index contributed by atoms with van der Waals surface area (Å²) in [5.41, 5.74) is -0.867. The van der Waals surface area contributed by atoms with E-state index in [0.29, 0.717) is 0 Å². The molecule has 0 amide bonds. The van der Waals surface area contributed by atoms with E-state index < -0.39 is 24.1 Å². The van der Waals surface area contributed by atoms with Gasteiger partial charge in [0, 0.05) is 17.1 Å². The molecule has 1 rings (SSSR count). The molecule has 0 bridgehead atoms. The van der Waals surface area contributed by atoms with E-state index in [9.17, 15) is 18.0 Å². The highest BCUT2D eigenvalue weighted by molar-refractivity contribution is 9.08. The second kappa shape index (κ2) is 5.23. The zero-order valence-corrected chi connectivity index (χ0v) is 9.85. The van der Waals surface area contributed by atoms with E-state index in [1.54, 1.807) is 6.07 Å². The second-order valence-electron chi connectivity index (χ2n) is 2.98. The Kier molecular flexibility index (Phi) is 4.17. The molecule has 0 radical (unpaired) electrons. The van der Waals surface area contributed by atoms with Gasteiger partial charge in [0.1, 0.15) is 5.75 Å². The van der Waals surface area contributed by atoms with Crippen molar-refractivity contribution in [1.82, 2.24) is 4.98 Å². The van der Waals surface area contributed by atoms with Crippen LogP contribution in [-0.4, -0.2) is 11.3 Å². The summed E-state index contributed by atoms with van der Waals surface area (Å²) < 4.78 is 40.0. The maximum Gasteiger partial charge on any atom is 0.573 e. The third kappa shape index (κ3) is 3.78. The van der Waals surface area contributed by atoms with Crippen molar-refractivity contribution >= 4 is 15.9 Å². The number of ether oxygens (including phenoxy) is 1. The first-order chi connectivity index (χ1) is 7.87. The van der Waals surface area contributed by atoms with Crippen LogP contribution < -0.4 is 10.3 Å². The van der Waals surface area contributed by atoms with Gasteiger partial charge in [-0.15, -0.1) is 13.2 Å². The lowest BCUT2D eigenvalue weighted by molar-refractivity contribution is -0.274. The quantitative estimate of drug-likeness (QED) is 0.871. The molecule has 1 aromatic rings. The van der Waals surface area contributed by atoms with Crippen LogP contribution in [-0.2, 0) is 11.8 Å². The van der Waals surface area contributed by atoms with Crippen LogP contribution in [0.1, 0.15) is 11.3 Å². The van der Waals surface area contributed by atoms with Crippen molar-refractivity contribution in [3.63, 3.8) is 0 Å². The molecule has 0 aliphatic rings. The maximum atomic E-state index is 12.1. The number of nitrogens with zero attached hydrogens (tertiary/aromatic N) is 1. The predicted molar refractivity (Wildman–Crippen MR) is 55.7 cm³/mol. The molecule has 0 aromatic carbocycles. The normalized spacial score (nSPS) is 11.0. The zero-order chi connectivity index (χ0) is 13.1. The topological polar surface area (TPSA) is 65.9 Å². The fourth-order valence-electron chi connectivity index (χ4n) is 1.15. The Bertz CT molecular complexity index is 504. The average Bonchev–Trinajstić information content (AvgIpc) is 2.20. The van der Waals surface area contributed by atoms with Gasteiger partial charge in [-0.25, -0.2) is 0 Å². The fourth-order valence-corrected chi connectivity index (χ4v) is 1.45. The van der Waals surface area contributed by atoms with Crippen LogP contribution in [0.25, 0.3) is 0 Å². The number of nitrogens with one attached hydrogen (secondary N) is 1. The molecule has 0 saturated carbocycles. The molecule has 8 heteroatoms. The summed E-state index contributed by atoms with van der Waals surface area (Å²) in [6.45, 7) is 0. The zero-order valence-electron chi connectivity index (χ0n) is 8.27. The lowest BCUT2D eigenvalue weighted by Gasteiger charge is -2.12. The lowest BCUT2D eigenvalue weighted by Crippen LogP contribution is -2.22. The molecule has 17 heavy (non-hydrogen) atoms. The summed E-state index contributed by atoms with van der Waals surface area (Å²) in [6.07, 6.45) is -5.36. The number of aromatic nitrogens is 1. The summed E-state index contributed by atoms with van der Waals surface area (Å²) in [5, 5.41) is 8.61. The van der Waals surface area contributed by atoms with Gasteiger partial charge in [0.15, 0.2) is 0 Å². The van der Waals surface area contributed by atoms with Crippen LogP contribution >= 0.6 is 15.9 Å². The van der Waals surface area contributed by atoms with Crippen molar-refractivity contribution in [2.45, 2.75) is 18.1 Å². The van der Waals surface area contributed by atoms with Crippen LogP contribution in [0.3, 0.4) is 0 Å². The highest BCUT2D eigenvalue weighted by atomic mass is 79.9. The first kappa shape index (κ1) is 13.6. The molecule has 1 aromatic heterocycles. The van der Waals surface area contributed by atoms with Crippen molar-refractivity contribution in [2.75, 3.05) is 0 Å². The Hall–Kier alpha value is -1.49. The van der Waals surface area contributed by atoms with Gasteiger partial charge in [-0.3, -0.25) is 4.79 Å². The Morgan fingerprint density at radius 1 is 1.53 bits per heavy atom. The summed E-state index contributed by atoms with van der Waals surface area (Å²) >= 11 is 3.00. The van der Waals surface area contributed by atoms with E-state index in [1.165, 1.54) is 0 Å². The van der Waals surface area contributed by atoms with Crippen LogP contribution in [0.2, 0.25) is 0 Å². The monoisotopic (exact) mass is 310 g/mol. The van der Waals surface area contributed by atoms with Crippen LogP contribution in [0.4, 0.5) is 13.2 Å². The summed E-state index contributed by atoms with van der Waals surface area (Å²) in [4.78, 5) is 13.8. The van der Waals surface area contributed by atoms with Gasteiger partial charge in [-0.2, -0.15) is 5.26 Å². The highest BCUT2D eigenvalue weighted by Gasteiger charge is 2.32.